The molecule has 0 heterocycles. The quantitative estimate of drug-likeness (QED) is 0.526. The summed E-state index contributed by atoms with van der Waals surface area (Å²) in [4.78, 5) is 22.5. The molecule has 2 aromatic rings. The van der Waals surface area contributed by atoms with Crippen LogP contribution in [0.5, 0.6) is 0 Å². The summed E-state index contributed by atoms with van der Waals surface area (Å²) in [5.74, 6) is -0.210. The Balaban J connectivity index is 2.72. The van der Waals surface area contributed by atoms with Crippen molar-refractivity contribution in [2.24, 2.45) is 0 Å². The molecule has 108 valence electrons. The van der Waals surface area contributed by atoms with E-state index in [0.717, 1.165) is 11.1 Å². The Labute approximate surface area is 122 Å². The van der Waals surface area contributed by atoms with E-state index in [4.69, 9.17) is 0 Å². The summed E-state index contributed by atoms with van der Waals surface area (Å²) < 4.78 is 0. The van der Waals surface area contributed by atoms with Gasteiger partial charge in [-0.15, -0.1) is 0 Å². The van der Waals surface area contributed by atoms with E-state index in [0.29, 0.717) is 16.8 Å². The van der Waals surface area contributed by atoms with E-state index in [1.807, 2.05) is 31.2 Å². The molecule has 5 heteroatoms. The molecule has 0 fully saturated rings. The Morgan fingerprint density at radius 1 is 1.19 bits per heavy atom. The van der Waals surface area contributed by atoms with Gasteiger partial charge in [0.25, 0.3) is 5.69 Å². The average molecular weight is 284 g/mol. The summed E-state index contributed by atoms with van der Waals surface area (Å²) in [5.41, 5.74) is 3.16. The molecular formula is C16H16N2O3. The largest absolute Gasteiger partial charge is 0.388 e. The molecule has 1 N–H and O–H groups in total. The summed E-state index contributed by atoms with van der Waals surface area (Å²) in [5, 5.41) is 14.2. The Bertz CT molecular complexity index is 706. The van der Waals surface area contributed by atoms with Crippen molar-refractivity contribution in [1.82, 2.24) is 0 Å². The van der Waals surface area contributed by atoms with E-state index >= 15 is 0 Å². The van der Waals surface area contributed by atoms with E-state index < -0.39 is 4.92 Å². The zero-order valence-corrected chi connectivity index (χ0v) is 12.1. The predicted molar refractivity (Wildman–Crippen MR) is 82.8 cm³/mol. The molecular weight excluding hydrogens is 268 g/mol. The first-order chi connectivity index (χ1) is 9.93. The smallest absolute Gasteiger partial charge is 0.278 e. The van der Waals surface area contributed by atoms with Gasteiger partial charge in [-0.25, -0.2) is 0 Å². The van der Waals surface area contributed by atoms with Crippen LogP contribution in [0.25, 0.3) is 11.1 Å². The number of nitrogens with zero attached hydrogens (tertiary/aromatic N) is 1. The molecule has 0 bridgehead atoms. The first kappa shape index (κ1) is 14.7. The lowest BCUT2D eigenvalue weighted by Gasteiger charge is -2.11. The van der Waals surface area contributed by atoms with E-state index in [1.165, 1.54) is 13.0 Å². The first-order valence-corrected chi connectivity index (χ1v) is 6.52. The van der Waals surface area contributed by atoms with Crippen LogP contribution in [-0.4, -0.2) is 17.8 Å². The molecule has 0 saturated carbocycles. The number of aryl methyl sites for hydroxylation is 1. The maximum Gasteiger partial charge on any atom is 0.278 e. The zero-order chi connectivity index (χ0) is 15.6. The van der Waals surface area contributed by atoms with Crippen LogP contribution in [-0.2, 0) is 0 Å². The van der Waals surface area contributed by atoms with Crippen LogP contribution in [0.3, 0.4) is 0 Å². The van der Waals surface area contributed by atoms with Gasteiger partial charge >= 0.3 is 0 Å². The van der Waals surface area contributed by atoms with Crippen molar-refractivity contribution in [1.29, 1.82) is 0 Å². The van der Waals surface area contributed by atoms with Crippen molar-refractivity contribution >= 4 is 17.2 Å². The molecule has 0 spiro atoms. The summed E-state index contributed by atoms with van der Waals surface area (Å²) in [6.07, 6.45) is 0. The molecule has 0 aromatic heterocycles. The molecule has 2 rings (SSSR count). The lowest BCUT2D eigenvalue weighted by Crippen LogP contribution is -2.03. The minimum absolute atomic E-state index is 0.0666. The van der Waals surface area contributed by atoms with Gasteiger partial charge in [0.1, 0.15) is 0 Å². The SMILES string of the molecule is CNc1cc(-c2ccc(C)cc2)c([N+](=O)[O-])cc1C(C)=O. The maximum absolute atomic E-state index is 11.6. The fraction of sp³-hybridized carbons (Fsp3) is 0.188. The van der Waals surface area contributed by atoms with Crippen molar-refractivity contribution < 1.29 is 9.72 Å². The molecule has 5 nitrogen and oxygen atoms in total. The Morgan fingerprint density at radius 3 is 2.29 bits per heavy atom. The lowest BCUT2D eigenvalue weighted by atomic mass is 9.98. The molecule has 0 aliphatic carbocycles. The number of rotatable bonds is 4. The maximum atomic E-state index is 11.6. The second kappa shape index (κ2) is 5.75. The summed E-state index contributed by atoms with van der Waals surface area (Å²) in [7, 11) is 1.69. The fourth-order valence-corrected chi connectivity index (χ4v) is 2.20. The van der Waals surface area contributed by atoms with Crippen LogP contribution < -0.4 is 5.32 Å². The van der Waals surface area contributed by atoms with Gasteiger partial charge in [-0.05, 0) is 25.5 Å². The molecule has 0 aliphatic rings. The van der Waals surface area contributed by atoms with Crippen molar-refractivity contribution in [3.05, 3.63) is 57.6 Å². The molecule has 0 amide bonds. The number of nitrogens with one attached hydrogen (secondary N) is 1. The number of nitro benzene ring substituents is 1. The number of hydrogen-bond acceptors (Lipinski definition) is 4. The summed E-state index contributed by atoms with van der Waals surface area (Å²) >= 11 is 0. The van der Waals surface area contributed by atoms with Gasteiger partial charge in [0.05, 0.1) is 10.5 Å². The lowest BCUT2D eigenvalue weighted by molar-refractivity contribution is -0.384. The van der Waals surface area contributed by atoms with E-state index in [-0.39, 0.29) is 11.5 Å². The van der Waals surface area contributed by atoms with Crippen LogP contribution in [0.4, 0.5) is 11.4 Å². The van der Waals surface area contributed by atoms with Crippen molar-refractivity contribution in [2.45, 2.75) is 13.8 Å². The number of carbonyl (C=O) groups is 1. The number of anilines is 1. The summed E-state index contributed by atoms with van der Waals surface area (Å²) in [6.45, 7) is 3.35. The van der Waals surface area contributed by atoms with Crippen LogP contribution >= 0.6 is 0 Å². The van der Waals surface area contributed by atoms with Crippen molar-refractivity contribution in [3.8, 4) is 11.1 Å². The fourth-order valence-electron chi connectivity index (χ4n) is 2.20. The molecule has 21 heavy (non-hydrogen) atoms. The number of ketones is 1. The van der Waals surface area contributed by atoms with Gasteiger partial charge < -0.3 is 5.32 Å². The normalized spacial score (nSPS) is 10.2. The summed E-state index contributed by atoms with van der Waals surface area (Å²) in [6, 6.07) is 10.5. The molecule has 2 aromatic carbocycles. The van der Waals surface area contributed by atoms with Gasteiger partial charge in [0.2, 0.25) is 0 Å². The highest BCUT2D eigenvalue weighted by molar-refractivity contribution is 6.02. The van der Waals surface area contributed by atoms with E-state index in [9.17, 15) is 14.9 Å². The number of carbonyl (C=O) groups excluding carboxylic acids is 1. The predicted octanol–water partition coefficient (Wildman–Crippen LogP) is 3.81. The second-order valence-electron chi connectivity index (χ2n) is 4.84. The van der Waals surface area contributed by atoms with Crippen LogP contribution in [0.1, 0.15) is 22.8 Å². The highest BCUT2D eigenvalue weighted by Gasteiger charge is 2.20. The minimum Gasteiger partial charge on any atom is -0.388 e. The number of benzene rings is 2. The molecule has 0 radical (unpaired) electrons. The van der Waals surface area contributed by atoms with Gasteiger partial charge in [0, 0.05) is 24.4 Å². The van der Waals surface area contributed by atoms with Gasteiger partial charge in [-0.1, -0.05) is 29.8 Å². The third kappa shape index (κ3) is 2.91. The van der Waals surface area contributed by atoms with Crippen LogP contribution in [0, 0.1) is 17.0 Å². The molecule has 0 atom stereocenters. The highest BCUT2D eigenvalue weighted by Crippen LogP contribution is 2.35. The number of hydrogen-bond donors (Lipinski definition) is 1. The van der Waals surface area contributed by atoms with Gasteiger partial charge in [-0.2, -0.15) is 0 Å². The van der Waals surface area contributed by atoms with Crippen LogP contribution in [0.2, 0.25) is 0 Å². The molecule has 0 saturated heterocycles. The highest BCUT2D eigenvalue weighted by atomic mass is 16.6. The molecule has 0 unspecified atom stereocenters. The standard InChI is InChI=1S/C16H16N2O3/c1-10-4-6-12(7-5-10)14-8-15(17-3)13(11(2)19)9-16(14)18(20)21/h4-9,17H,1-3H3. The first-order valence-electron chi connectivity index (χ1n) is 6.52. The van der Waals surface area contributed by atoms with Crippen LogP contribution in [0.15, 0.2) is 36.4 Å². The zero-order valence-electron chi connectivity index (χ0n) is 12.1. The molecule has 0 aliphatic heterocycles. The van der Waals surface area contributed by atoms with Gasteiger partial charge in [0.15, 0.2) is 5.78 Å². The topological polar surface area (TPSA) is 72.2 Å². The number of Topliss-reactive ketones (excluding diaryl/α,β-unsaturated/α-hetero) is 1. The van der Waals surface area contributed by atoms with E-state index in [1.54, 1.807) is 13.1 Å². The van der Waals surface area contributed by atoms with Crippen molar-refractivity contribution in [2.75, 3.05) is 12.4 Å². The Kier molecular flexibility index (Phi) is 4.03. The Morgan fingerprint density at radius 2 is 1.81 bits per heavy atom. The Hall–Kier alpha value is -2.69. The number of nitro groups is 1. The van der Waals surface area contributed by atoms with E-state index in [2.05, 4.69) is 5.32 Å². The van der Waals surface area contributed by atoms with Crippen molar-refractivity contribution in [3.63, 3.8) is 0 Å². The monoisotopic (exact) mass is 284 g/mol. The van der Waals surface area contributed by atoms with Gasteiger partial charge in [-0.3, -0.25) is 14.9 Å². The second-order valence-corrected chi connectivity index (χ2v) is 4.84. The third-order valence-corrected chi connectivity index (χ3v) is 3.34. The minimum atomic E-state index is -0.457. The third-order valence-electron chi connectivity index (χ3n) is 3.34. The average Bonchev–Trinajstić information content (AvgIpc) is 2.46.